The first-order chi connectivity index (χ1) is 10.2. The molecule has 1 aromatic rings. The normalized spacial score (nSPS) is 21.9. The summed E-state index contributed by atoms with van der Waals surface area (Å²) in [6.45, 7) is -1.11. The van der Waals surface area contributed by atoms with Gasteiger partial charge in [-0.1, -0.05) is 11.6 Å². The molecule has 0 radical (unpaired) electrons. The van der Waals surface area contributed by atoms with Crippen molar-refractivity contribution in [2.75, 3.05) is 19.6 Å². The van der Waals surface area contributed by atoms with Crippen LogP contribution in [-0.2, 0) is 0 Å². The van der Waals surface area contributed by atoms with Crippen molar-refractivity contribution in [2.45, 2.75) is 6.18 Å². The molecule has 0 bridgehead atoms. The quantitative estimate of drug-likeness (QED) is 0.875. The molecule has 1 aliphatic rings. The van der Waals surface area contributed by atoms with Crippen LogP contribution in [0, 0.1) is 11.8 Å². The second-order valence-corrected chi connectivity index (χ2v) is 6.62. The lowest BCUT2D eigenvalue weighted by molar-refractivity contribution is -0.179. The van der Waals surface area contributed by atoms with Crippen molar-refractivity contribution in [1.29, 1.82) is 0 Å². The van der Waals surface area contributed by atoms with Gasteiger partial charge < -0.3 is 15.3 Å². The van der Waals surface area contributed by atoms with E-state index in [0.717, 1.165) is 16.2 Å². The number of hydrogen-bond acceptors (Lipinski definition) is 3. The molecule has 2 heterocycles. The molecule has 0 aliphatic carbocycles. The Hall–Kier alpha value is -1.48. The Bertz CT molecular complexity index is 578. The highest BCUT2D eigenvalue weighted by Crippen LogP contribution is 2.37. The molecule has 2 amide bonds. The number of rotatable bonds is 3. The molecule has 5 nitrogen and oxygen atoms in total. The van der Waals surface area contributed by atoms with Crippen LogP contribution in [0.4, 0.5) is 18.0 Å². The molecule has 0 unspecified atom stereocenters. The monoisotopic (exact) mass is 356 g/mol. The van der Waals surface area contributed by atoms with Gasteiger partial charge in [0.15, 0.2) is 0 Å². The molecular weight excluding hydrogens is 345 g/mol. The maximum atomic E-state index is 13.0. The minimum atomic E-state index is -4.51. The van der Waals surface area contributed by atoms with Gasteiger partial charge in [-0.15, -0.1) is 11.3 Å². The second kappa shape index (κ2) is 6.33. The number of carbonyl (C=O) groups is 2. The zero-order valence-corrected chi connectivity index (χ0v) is 12.6. The fourth-order valence-corrected chi connectivity index (χ4v) is 3.31. The van der Waals surface area contributed by atoms with Gasteiger partial charge in [-0.2, -0.15) is 13.2 Å². The van der Waals surface area contributed by atoms with E-state index in [9.17, 15) is 22.8 Å². The molecule has 10 heteroatoms. The number of likely N-dealkylation sites (tertiary alicyclic amines) is 1. The third kappa shape index (κ3) is 3.83. The lowest BCUT2D eigenvalue weighted by Crippen LogP contribution is -2.37. The topological polar surface area (TPSA) is 69.6 Å². The number of alkyl halides is 3. The number of hydrogen-bond donors (Lipinski definition) is 2. The minimum Gasteiger partial charge on any atom is -0.465 e. The van der Waals surface area contributed by atoms with Crippen LogP contribution in [0.2, 0.25) is 4.34 Å². The predicted octanol–water partition coefficient (Wildman–Crippen LogP) is 2.92. The van der Waals surface area contributed by atoms with Crippen molar-refractivity contribution >= 4 is 34.9 Å². The first-order valence-corrected chi connectivity index (χ1v) is 7.46. The molecule has 2 N–H and O–H groups in total. The standard InChI is InChI=1S/C12H12ClF3N2O3S/c13-9-2-1-8(22-9)10(19)17-3-6-4-18(11(20)21)5-7(6)12(14,15)16/h1-2,6-7H,3-5H2,(H,17,19)(H,20,21)/t6-,7-/m1/s1. The fraction of sp³-hybridized carbons (Fsp3) is 0.500. The van der Waals surface area contributed by atoms with Crippen LogP contribution in [0.5, 0.6) is 0 Å². The van der Waals surface area contributed by atoms with E-state index in [4.69, 9.17) is 16.7 Å². The Morgan fingerprint density at radius 3 is 2.59 bits per heavy atom. The van der Waals surface area contributed by atoms with E-state index in [1.807, 2.05) is 0 Å². The van der Waals surface area contributed by atoms with Crippen molar-refractivity contribution in [2.24, 2.45) is 11.8 Å². The average Bonchev–Trinajstić information content (AvgIpc) is 3.01. The zero-order chi connectivity index (χ0) is 16.5. The Balaban J connectivity index is 2.00. The van der Waals surface area contributed by atoms with E-state index < -0.39 is 36.6 Å². The predicted molar refractivity (Wildman–Crippen MR) is 74.3 cm³/mol. The molecule has 1 fully saturated rings. The van der Waals surface area contributed by atoms with Crippen molar-refractivity contribution in [3.63, 3.8) is 0 Å². The van der Waals surface area contributed by atoms with Crippen molar-refractivity contribution in [3.8, 4) is 0 Å². The van der Waals surface area contributed by atoms with Crippen LogP contribution in [0.1, 0.15) is 9.67 Å². The second-order valence-electron chi connectivity index (χ2n) is 4.91. The lowest BCUT2D eigenvalue weighted by Gasteiger charge is -2.20. The van der Waals surface area contributed by atoms with Crippen LogP contribution >= 0.6 is 22.9 Å². The van der Waals surface area contributed by atoms with Crippen LogP contribution in [0.3, 0.4) is 0 Å². The molecule has 22 heavy (non-hydrogen) atoms. The van der Waals surface area contributed by atoms with Crippen LogP contribution < -0.4 is 5.32 Å². The molecule has 2 rings (SSSR count). The summed E-state index contributed by atoms with van der Waals surface area (Å²) in [7, 11) is 0. The number of carboxylic acid groups (broad SMARTS) is 1. The zero-order valence-electron chi connectivity index (χ0n) is 11.1. The van der Waals surface area contributed by atoms with E-state index in [0.29, 0.717) is 9.21 Å². The number of carbonyl (C=O) groups excluding carboxylic acids is 1. The first kappa shape index (κ1) is 16.9. The summed E-state index contributed by atoms with van der Waals surface area (Å²) in [5, 5.41) is 11.2. The van der Waals surface area contributed by atoms with E-state index in [1.165, 1.54) is 12.1 Å². The van der Waals surface area contributed by atoms with Crippen molar-refractivity contribution < 1.29 is 27.9 Å². The summed E-state index contributed by atoms with van der Waals surface area (Å²) in [5.41, 5.74) is 0. The van der Waals surface area contributed by atoms with Crippen molar-refractivity contribution in [3.05, 3.63) is 21.3 Å². The summed E-state index contributed by atoms with van der Waals surface area (Å²) in [6.07, 6.45) is -5.90. The average molecular weight is 357 g/mol. The number of halogens is 4. The molecule has 1 aromatic heterocycles. The van der Waals surface area contributed by atoms with Crippen LogP contribution in [-0.4, -0.2) is 47.8 Å². The maximum absolute atomic E-state index is 13.0. The van der Waals surface area contributed by atoms with Gasteiger partial charge in [-0.25, -0.2) is 4.79 Å². The highest BCUT2D eigenvalue weighted by atomic mass is 35.5. The molecule has 1 aliphatic heterocycles. The van der Waals surface area contributed by atoms with Crippen LogP contribution in [0.15, 0.2) is 12.1 Å². The fourth-order valence-electron chi connectivity index (χ4n) is 2.35. The van der Waals surface area contributed by atoms with Gasteiger partial charge in [-0.3, -0.25) is 4.79 Å². The molecule has 1 saturated heterocycles. The van der Waals surface area contributed by atoms with Crippen LogP contribution in [0.25, 0.3) is 0 Å². The largest absolute Gasteiger partial charge is 0.465 e. The van der Waals surface area contributed by atoms with Gasteiger partial charge in [0, 0.05) is 25.6 Å². The maximum Gasteiger partial charge on any atom is 0.407 e. The lowest BCUT2D eigenvalue weighted by atomic mass is 9.95. The summed E-state index contributed by atoms with van der Waals surface area (Å²) in [5.74, 6) is -3.31. The summed E-state index contributed by atoms with van der Waals surface area (Å²) < 4.78 is 39.3. The third-order valence-corrected chi connectivity index (χ3v) is 4.68. The summed E-state index contributed by atoms with van der Waals surface area (Å²) in [4.78, 5) is 23.7. The van der Waals surface area contributed by atoms with Gasteiger partial charge >= 0.3 is 12.3 Å². The molecular formula is C12H12ClF3N2O3S. The summed E-state index contributed by atoms with van der Waals surface area (Å²) >= 11 is 6.70. The number of thiophene rings is 1. The molecule has 2 atom stereocenters. The first-order valence-electron chi connectivity index (χ1n) is 6.26. The molecule has 122 valence electrons. The smallest absolute Gasteiger partial charge is 0.407 e. The Morgan fingerprint density at radius 1 is 1.41 bits per heavy atom. The summed E-state index contributed by atoms with van der Waals surface area (Å²) in [6, 6.07) is 2.99. The van der Waals surface area contributed by atoms with Gasteiger partial charge in [-0.05, 0) is 12.1 Å². The Kier molecular flexibility index (Phi) is 4.86. The Morgan fingerprint density at radius 2 is 2.09 bits per heavy atom. The number of amides is 2. The van der Waals surface area contributed by atoms with Crippen molar-refractivity contribution in [1.82, 2.24) is 10.2 Å². The van der Waals surface area contributed by atoms with E-state index >= 15 is 0 Å². The highest BCUT2D eigenvalue weighted by Gasteiger charge is 2.50. The molecule has 0 saturated carbocycles. The molecule has 0 spiro atoms. The van der Waals surface area contributed by atoms with Gasteiger partial charge in [0.1, 0.15) is 0 Å². The van der Waals surface area contributed by atoms with Gasteiger partial charge in [0.05, 0.1) is 15.1 Å². The highest BCUT2D eigenvalue weighted by molar-refractivity contribution is 7.17. The SMILES string of the molecule is O=C(NC[C@@H]1CN(C(=O)O)C[C@H]1C(F)(F)F)c1ccc(Cl)s1. The number of nitrogens with one attached hydrogen (secondary N) is 1. The number of nitrogens with zero attached hydrogens (tertiary/aromatic N) is 1. The third-order valence-electron chi connectivity index (χ3n) is 3.45. The molecule has 0 aromatic carbocycles. The van der Waals surface area contributed by atoms with E-state index in [-0.39, 0.29) is 13.1 Å². The van der Waals surface area contributed by atoms with E-state index in [1.54, 1.807) is 0 Å². The van der Waals surface area contributed by atoms with Gasteiger partial charge in [0.25, 0.3) is 5.91 Å². The van der Waals surface area contributed by atoms with Gasteiger partial charge in [0.2, 0.25) is 0 Å². The van der Waals surface area contributed by atoms with E-state index in [2.05, 4.69) is 5.32 Å². The Labute approximate surface area is 132 Å². The minimum absolute atomic E-state index is 0.248.